The van der Waals surface area contributed by atoms with Crippen LogP contribution in [0.3, 0.4) is 0 Å². The van der Waals surface area contributed by atoms with E-state index in [0.717, 1.165) is 63.2 Å². The molecule has 1 fully saturated rings. The van der Waals surface area contributed by atoms with Gasteiger partial charge >= 0.3 is 0 Å². The van der Waals surface area contributed by atoms with Gasteiger partial charge in [-0.15, -0.1) is 0 Å². The zero-order valence-corrected chi connectivity index (χ0v) is 16.6. The predicted octanol–water partition coefficient (Wildman–Crippen LogP) is 1.50. The van der Waals surface area contributed by atoms with Crippen molar-refractivity contribution in [1.82, 2.24) is 15.1 Å². The number of hydrogen-bond donors (Lipinski definition) is 1. The minimum absolute atomic E-state index is 0.0417. The van der Waals surface area contributed by atoms with E-state index in [2.05, 4.69) is 28.2 Å². The third-order valence-electron chi connectivity index (χ3n) is 5.67. The molecule has 1 N–H and O–H groups in total. The molecule has 2 amide bonds. The molecule has 6 heteroatoms. The number of carbonyl (C=O) groups is 2. The van der Waals surface area contributed by atoms with Gasteiger partial charge in [0.05, 0.1) is 0 Å². The van der Waals surface area contributed by atoms with Crippen LogP contribution in [0.4, 0.5) is 5.69 Å². The minimum atomic E-state index is -0.486. The molecule has 2 heterocycles. The summed E-state index contributed by atoms with van der Waals surface area (Å²) in [6.07, 6.45) is 3.16. The fraction of sp³-hybridized carbons (Fsp3) is 0.619. The molecule has 2 aliphatic rings. The summed E-state index contributed by atoms with van der Waals surface area (Å²) in [5.74, 6) is -0.0292. The van der Waals surface area contributed by atoms with Crippen LogP contribution in [0.1, 0.15) is 31.7 Å². The van der Waals surface area contributed by atoms with E-state index in [9.17, 15) is 9.59 Å². The molecule has 27 heavy (non-hydrogen) atoms. The van der Waals surface area contributed by atoms with Crippen molar-refractivity contribution in [3.8, 4) is 0 Å². The summed E-state index contributed by atoms with van der Waals surface area (Å²) in [5.41, 5.74) is 2.04. The molecule has 1 saturated heterocycles. The quantitative estimate of drug-likeness (QED) is 0.769. The van der Waals surface area contributed by atoms with Crippen molar-refractivity contribution in [2.45, 2.75) is 38.6 Å². The summed E-state index contributed by atoms with van der Waals surface area (Å²) in [5, 5.41) is 3.03. The van der Waals surface area contributed by atoms with Gasteiger partial charge in [0.15, 0.2) is 0 Å². The number of piperazine rings is 1. The van der Waals surface area contributed by atoms with Gasteiger partial charge in [0.1, 0.15) is 6.04 Å². The first-order chi connectivity index (χ1) is 13.1. The number of carbonyl (C=O) groups excluding carboxylic acids is 2. The molecule has 1 aromatic rings. The van der Waals surface area contributed by atoms with E-state index in [0.29, 0.717) is 13.0 Å². The first-order valence-corrected chi connectivity index (χ1v) is 10.1. The van der Waals surface area contributed by atoms with Crippen molar-refractivity contribution in [3.05, 3.63) is 29.8 Å². The number of nitrogens with one attached hydrogen (secondary N) is 1. The predicted molar refractivity (Wildman–Crippen MR) is 108 cm³/mol. The van der Waals surface area contributed by atoms with Crippen LogP contribution in [-0.4, -0.2) is 74.0 Å². The van der Waals surface area contributed by atoms with Crippen molar-refractivity contribution in [3.63, 3.8) is 0 Å². The van der Waals surface area contributed by atoms with Crippen molar-refractivity contribution < 1.29 is 9.59 Å². The summed E-state index contributed by atoms with van der Waals surface area (Å²) in [4.78, 5) is 31.8. The lowest BCUT2D eigenvalue weighted by atomic mass is 10.1. The van der Waals surface area contributed by atoms with Crippen LogP contribution in [-0.2, 0) is 16.0 Å². The number of likely N-dealkylation sites (N-methyl/N-ethyl adjacent to an activating group) is 1. The Bertz CT molecular complexity index is 655. The maximum atomic E-state index is 12.7. The molecule has 148 valence electrons. The van der Waals surface area contributed by atoms with E-state index in [1.54, 1.807) is 4.90 Å². The van der Waals surface area contributed by atoms with Crippen LogP contribution in [0.25, 0.3) is 0 Å². The fourth-order valence-corrected chi connectivity index (χ4v) is 3.92. The summed E-state index contributed by atoms with van der Waals surface area (Å²) in [6.45, 7) is 7.91. The highest BCUT2D eigenvalue weighted by atomic mass is 16.2. The minimum Gasteiger partial charge on any atom is -0.354 e. The Hall–Kier alpha value is -1.92. The van der Waals surface area contributed by atoms with E-state index >= 15 is 0 Å². The van der Waals surface area contributed by atoms with Crippen LogP contribution < -0.4 is 10.2 Å². The van der Waals surface area contributed by atoms with E-state index in [-0.39, 0.29) is 11.8 Å². The molecule has 6 nitrogen and oxygen atoms in total. The SMILES string of the molecule is C[C@H](C(=O)NCCCN1CCN(C)CC1)N1C(=O)CCCc2ccccc21. The molecule has 0 saturated carbocycles. The molecular formula is C21H32N4O2. The second kappa shape index (κ2) is 9.33. The Morgan fingerprint density at radius 2 is 1.89 bits per heavy atom. The molecule has 3 rings (SSSR count). The third kappa shape index (κ3) is 5.08. The largest absolute Gasteiger partial charge is 0.354 e. The normalized spacial score (nSPS) is 20.1. The van der Waals surface area contributed by atoms with Gasteiger partial charge in [0, 0.05) is 44.8 Å². The molecule has 1 atom stereocenters. The molecular weight excluding hydrogens is 340 g/mol. The van der Waals surface area contributed by atoms with Crippen LogP contribution in [0.5, 0.6) is 0 Å². The van der Waals surface area contributed by atoms with Crippen LogP contribution in [0.2, 0.25) is 0 Å². The van der Waals surface area contributed by atoms with Crippen molar-refractivity contribution >= 4 is 17.5 Å². The number of anilines is 1. The van der Waals surface area contributed by atoms with Gasteiger partial charge in [-0.05, 0) is 51.4 Å². The molecule has 0 spiro atoms. The average molecular weight is 373 g/mol. The number of benzene rings is 1. The third-order valence-corrected chi connectivity index (χ3v) is 5.67. The Morgan fingerprint density at radius 1 is 1.15 bits per heavy atom. The van der Waals surface area contributed by atoms with Crippen molar-refractivity contribution in [2.24, 2.45) is 0 Å². The maximum Gasteiger partial charge on any atom is 0.242 e. The number of hydrogen-bond acceptors (Lipinski definition) is 4. The first-order valence-electron chi connectivity index (χ1n) is 10.1. The lowest BCUT2D eigenvalue weighted by Crippen LogP contribution is -2.49. The Morgan fingerprint density at radius 3 is 2.67 bits per heavy atom. The second-order valence-corrected chi connectivity index (χ2v) is 7.71. The highest BCUT2D eigenvalue weighted by Gasteiger charge is 2.30. The lowest BCUT2D eigenvalue weighted by Gasteiger charge is -2.32. The van der Waals surface area contributed by atoms with E-state index < -0.39 is 6.04 Å². The number of fused-ring (bicyclic) bond motifs is 1. The monoisotopic (exact) mass is 372 g/mol. The molecule has 0 aromatic heterocycles. The molecule has 2 aliphatic heterocycles. The van der Waals surface area contributed by atoms with Crippen LogP contribution in [0.15, 0.2) is 24.3 Å². The smallest absolute Gasteiger partial charge is 0.242 e. The summed E-state index contributed by atoms with van der Waals surface area (Å²) in [7, 11) is 2.15. The number of nitrogens with zero attached hydrogens (tertiary/aromatic N) is 3. The number of rotatable bonds is 6. The standard InChI is InChI=1S/C21H32N4O2/c1-17(21(27)22-11-6-12-24-15-13-23(2)14-16-24)25-19-9-4-3-7-18(19)8-5-10-20(25)26/h3-4,7,9,17H,5-6,8,10-16H2,1-2H3,(H,22,27)/t17-/m1/s1. The van der Waals surface area contributed by atoms with E-state index in [1.807, 2.05) is 25.1 Å². The van der Waals surface area contributed by atoms with Gasteiger partial charge in [-0.1, -0.05) is 18.2 Å². The highest BCUT2D eigenvalue weighted by Crippen LogP contribution is 2.28. The van der Waals surface area contributed by atoms with Gasteiger partial charge < -0.3 is 15.1 Å². The number of aryl methyl sites for hydroxylation is 1. The van der Waals surface area contributed by atoms with Crippen molar-refractivity contribution in [2.75, 3.05) is 51.2 Å². The lowest BCUT2D eigenvalue weighted by molar-refractivity contribution is -0.126. The topological polar surface area (TPSA) is 55.9 Å². The van der Waals surface area contributed by atoms with E-state index in [4.69, 9.17) is 0 Å². The van der Waals surface area contributed by atoms with Crippen LogP contribution in [0, 0.1) is 0 Å². The fourth-order valence-electron chi connectivity index (χ4n) is 3.92. The Kier molecular flexibility index (Phi) is 6.85. The zero-order valence-electron chi connectivity index (χ0n) is 16.6. The molecule has 0 radical (unpaired) electrons. The highest BCUT2D eigenvalue weighted by molar-refractivity contribution is 6.01. The first kappa shape index (κ1) is 19.8. The summed E-state index contributed by atoms with van der Waals surface area (Å²) >= 11 is 0. The molecule has 0 aliphatic carbocycles. The van der Waals surface area contributed by atoms with Gasteiger partial charge in [0.25, 0.3) is 0 Å². The summed E-state index contributed by atoms with van der Waals surface area (Å²) < 4.78 is 0. The second-order valence-electron chi connectivity index (χ2n) is 7.71. The summed E-state index contributed by atoms with van der Waals surface area (Å²) in [6, 6.07) is 7.46. The number of para-hydroxylation sites is 1. The van der Waals surface area contributed by atoms with Gasteiger partial charge in [-0.25, -0.2) is 0 Å². The van der Waals surface area contributed by atoms with E-state index in [1.165, 1.54) is 0 Å². The Balaban J connectivity index is 1.51. The zero-order chi connectivity index (χ0) is 19.2. The van der Waals surface area contributed by atoms with Gasteiger partial charge in [0.2, 0.25) is 11.8 Å². The molecule has 1 aromatic carbocycles. The maximum absolute atomic E-state index is 12.7. The van der Waals surface area contributed by atoms with Gasteiger partial charge in [-0.2, -0.15) is 0 Å². The Labute approximate surface area is 162 Å². The van der Waals surface area contributed by atoms with Gasteiger partial charge in [-0.3, -0.25) is 14.5 Å². The molecule has 0 bridgehead atoms. The van der Waals surface area contributed by atoms with Crippen molar-refractivity contribution in [1.29, 1.82) is 0 Å². The molecule has 0 unspecified atom stereocenters. The average Bonchev–Trinajstić information content (AvgIpc) is 2.84. The number of amides is 2. The van der Waals surface area contributed by atoms with Crippen LogP contribution >= 0.6 is 0 Å².